The summed E-state index contributed by atoms with van der Waals surface area (Å²) in [4.78, 5) is 5.16. The molecular formula is C18H11F9N2O3. The maximum absolute atomic E-state index is 14.7. The van der Waals surface area contributed by atoms with E-state index in [1.807, 2.05) is 0 Å². The second-order valence-corrected chi connectivity index (χ2v) is 6.96. The number of alkyl halides is 8. The third-order valence-electron chi connectivity index (χ3n) is 4.92. The summed E-state index contributed by atoms with van der Waals surface area (Å²) < 4.78 is 130. The van der Waals surface area contributed by atoms with Gasteiger partial charge in [0.25, 0.3) is 0 Å². The lowest BCUT2D eigenvalue weighted by Crippen LogP contribution is -2.38. The van der Waals surface area contributed by atoms with Crippen LogP contribution in [0.3, 0.4) is 0 Å². The topological polar surface area (TPSA) is 43.3 Å². The van der Waals surface area contributed by atoms with Crippen molar-refractivity contribution in [3.05, 3.63) is 47.1 Å². The van der Waals surface area contributed by atoms with E-state index < -0.39 is 53.3 Å². The number of fused-ring (bicyclic) bond motifs is 3. The Hall–Kier alpha value is -3.06. The third-order valence-corrected chi connectivity index (χ3v) is 4.92. The van der Waals surface area contributed by atoms with Crippen LogP contribution in [-0.4, -0.2) is 43.0 Å². The number of benzene rings is 1. The molecular weight excluding hydrogens is 463 g/mol. The summed E-state index contributed by atoms with van der Waals surface area (Å²) in [5.74, 6) is -4.48. The lowest BCUT2D eigenvalue weighted by molar-refractivity contribution is -0.275. The van der Waals surface area contributed by atoms with E-state index in [4.69, 9.17) is 4.74 Å². The van der Waals surface area contributed by atoms with Crippen LogP contribution in [0.5, 0.6) is 11.5 Å². The number of halogens is 9. The van der Waals surface area contributed by atoms with Crippen molar-refractivity contribution in [2.75, 3.05) is 13.2 Å². The van der Waals surface area contributed by atoms with Crippen LogP contribution in [0.25, 0.3) is 0 Å². The van der Waals surface area contributed by atoms with Crippen LogP contribution < -0.4 is 9.47 Å². The van der Waals surface area contributed by atoms with E-state index >= 15 is 0 Å². The van der Waals surface area contributed by atoms with E-state index in [9.17, 15) is 39.5 Å². The second kappa shape index (κ2) is 7.24. The van der Waals surface area contributed by atoms with Gasteiger partial charge in [0.2, 0.25) is 5.82 Å². The predicted molar refractivity (Wildman–Crippen MR) is 88.3 cm³/mol. The Bertz CT molecular complexity index is 1030. The Labute approximate surface area is 173 Å². The van der Waals surface area contributed by atoms with Gasteiger partial charge in [0.1, 0.15) is 5.54 Å². The van der Waals surface area contributed by atoms with Crippen LogP contribution in [0.2, 0.25) is 0 Å². The molecule has 1 atom stereocenters. The molecule has 1 aromatic rings. The summed E-state index contributed by atoms with van der Waals surface area (Å²) >= 11 is 0. The summed E-state index contributed by atoms with van der Waals surface area (Å²) in [5, 5.41) is 0. The molecule has 0 bridgehead atoms. The number of allylic oxidation sites excluding steroid dienone is 2. The number of aliphatic imine (C=N–C) groups is 1. The number of hydrogen-bond donors (Lipinski definition) is 0. The number of ether oxygens (including phenoxy) is 3. The maximum Gasteiger partial charge on any atom is 0.573 e. The van der Waals surface area contributed by atoms with Gasteiger partial charge in [-0.1, -0.05) is 0 Å². The highest BCUT2D eigenvalue weighted by Gasteiger charge is 2.49. The molecule has 0 unspecified atom stereocenters. The molecule has 4 rings (SSSR count). The van der Waals surface area contributed by atoms with Crippen molar-refractivity contribution in [3.63, 3.8) is 0 Å². The van der Waals surface area contributed by atoms with E-state index in [1.165, 1.54) is 0 Å². The maximum atomic E-state index is 14.7. The largest absolute Gasteiger partial charge is 0.573 e. The molecule has 0 N–H and O–H groups in total. The molecule has 5 nitrogen and oxygen atoms in total. The van der Waals surface area contributed by atoms with Crippen molar-refractivity contribution in [2.45, 2.75) is 31.1 Å². The lowest BCUT2D eigenvalue weighted by Gasteiger charge is -2.34. The first-order chi connectivity index (χ1) is 14.8. The fourth-order valence-electron chi connectivity index (χ4n) is 3.70. The average molecular weight is 474 g/mol. The van der Waals surface area contributed by atoms with E-state index in [-0.39, 0.29) is 31.0 Å². The summed E-state index contributed by atoms with van der Waals surface area (Å²) in [6.45, 7) is -4.05. The first-order valence-electron chi connectivity index (χ1n) is 8.83. The van der Waals surface area contributed by atoms with Gasteiger partial charge in [-0.05, 0) is 18.2 Å². The van der Waals surface area contributed by atoms with E-state index in [2.05, 4.69) is 14.5 Å². The quantitative estimate of drug-likeness (QED) is 0.579. The molecule has 174 valence electrons. The van der Waals surface area contributed by atoms with E-state index in [0.29, 0.717) is 18.3 Å². The number of hydrogen-bond acceptors (Lipinski definition) is 5. The number of rotatable bonds is 3. The van der Waals surface area contributed by atoms with Gasteiger partial charge in [0, 0.05) is 18.2 Å². The molecule has 32 heavy (non-hydrogen) atoms. The van der Waals surface area contributed by atoms with Crippen molar-refractivity contribution < 1.29 is 53.7 Å². The Morgan fingerprint density at radius 3 is 2.47 bits per heavy atom. The van der Waals surface area contributed by atoms with Crippen molar-refractivity contribution >= 4 is 5.84 Å². The molecule has 0 aliphatic carbocycles. The van der Waals surface area contributed by atoms with Crippen LogP contribution >= 0.6 is 0 Å². The van der Waals surface area contributed by atoms with Gasteiger partial charge in [-0.15, -0.1) is 13.2 Å². The molecule has 3 aliphatic heterocycles. The van der Waals surface area contributed by atoms with Gasteiger partial charge < -0.3 is 19.1 Å². The average Bonchev–Trinajstić information content (AvgIpc) is 3.01. The lowest BCUT2D eigenvalue weighted by atomic mass is 9.85. The molecule has 1 spiro atoms. The Morgan fingerprint density at radius 1 is 1.12 bits per heavy atom. The first kappa shape index (κ1) is 22.1. The Morgan fingerprint density at radius 2 is 1.84 bits per heavy atom. The smallest absolute Gasteiger partial charge is 0.490 e. The monoisotopic (exact) mass is 474 g/mol. The Balaban J connectivity index is 1.78. The Kier molecular flexibility index (Phi) is 5.01. The highest BCUT2D eigenvalue weighted by Crippen LogP contribution is 2.48. The van der Waals surface area contributed by atoms with Gasteiger partial charge in [-0.25, -0.2) is 0 Å². The number of amidine groups is 1. The summed E-state index contributed by atoms with van der Waals surface area (Å²) in [7, 11) is 0. The summed E-state index contributed by atoms with van der Waals surface area (Å²) in [6, 6.07) is 1.71. The highest BCUT2D eigenvalue weighted by molar-refractivity contribution is 6.00. The van der Waals surface area contributed by atoms with Crippen LogP contribution in [0.4, 0.5) is 39.5 Å². The van der Waals surface area contributed by atoms with Gasteiger partial charge in [0.15, 0.2) is 23.1 Å². The molecule has 0 fully saturated rings. The fraction of sp³-hybridized carbons (Fsp3) is 0.389. The minimum absolute atomic E-state index is 0.0178. The standard InChI is InChI=1S/C18H11F9N2O3/c19-12-10(32-18(25,26)27)2-1-9-13(12)30-4-3-16(9)7-29-6-8(17(22,23)24)5-11(14(29)28-16)31-15(20)21/h1-2,5-6,15H,3-4,7H2/t16-/m1/s1. The fourth-order valence-corrected chi connectivity index (χ4v) is 3.70. The van der Waals surface area contributed by atoms with Crippen LogP contribution in [-0.2, 0) is 10.3 Å². The molecule has 0 aromatic heterocycles. The third kappa shape index (κ3) is 3.93. The predicted octanol–water partition coefficient (Wildman–Crippen LogP) is 5.00. The van der Waals surface area contributed by atoms with Crippen LogP contribution in [0.15, 0.2) is 40.7 Å². The van der Waals surface area contributed by atoms with Gasteiger partial charge in [0.05, 0.1) is 18.7 Å². The van der Waals surface area contributed by atoms with Gasteiger partial charge in [-0.2, -0.15) is 26.3 Å². The molecule has 0 saturated heterocycles. The van der Waals surface area contributed by atoms with E-state index in [1.54, 1.807) is 0 Å². The molecule has 1 aromatic carbocycles. The van der Waals surface area contributed by atoms with Crippen LogP contribution in [0, 0.1) is 5.82 Å². The molecule has 14 heteroatoms. The normalized spacial score (nSPS) is 22.7. The number of nitrogens with zero attached hydrogens (tertiary/aromatic N) is 2. The van der Waals surface area contributed by atoms with Gasteiger partial charge in [-0.3, -0.25) is 4.99 Å². The summed E-state index contributed by atoms with van der Waals surface area (Å²) in [6.07, 6.45) is -9.08. The zero-order valence-electron chi connectivity index (χ0n) is 15.5. The summed E-state index contributed by atoms with van der Waals surface area (Å²) in [5.41, 5.74) is -2.84. The van der Waals surface area contributed by atoms with Crippen molar-refractivity contribution in [2.24, 2.45) is 4.99 Å². The zero-order valence-corrected chi connectivity index (χ0v) is 15.5. The van der Waals surface area contributed by atoms with Crippen molar-refractivity contribution in [1.82, 2.24) is 4.90 Å². The van der Waals surface area contributed by atoms with Gasteiger partial charge >= 0.3 is 19.2 Å². The SMILES string of the molecule is Fc1c(OC(F)(F)F)ccc2c1OCC[C@@]21CN2C=C(C(F)(F)F)C=C(OC(F)F)C2=N1. The van der Waals surface area contributed by atoms with Crippen molar-refractivity contribution in [1.29, 1.82) is 0 Å². The van der Waals surface area contributed by atoms with Crippen LogP contribution in [0.1, 0.15) is 12.0 Å². The zero-order chi connectivity index (χ0) is 23.5. The molecule has 0 radical (unpaired) electrons. The first-order valence-corrected chi connectivity index (χ1v) is 8.83. The molecule has 3 aliphatic rings. The highest BCUT2D eigenvalue weighted by atomic mass is 19.4. The van der Waals surface area contributed by atoms with E-state index in [0.717, 1.165) is 11.0 Å². The second-order valence-electron chi connectivity index (χ2n) is 6.96. The molecule has 3 heterocycles. The molecule has 0 saturated carbocycles. The minimum atomic E-state index is -5.18. The minimum Gasteiger partial charge on any atom is -0.490 e. The van der Waals surface area contributed by atoms with Crippen molar-refractivity contribution in [3.8, 4) is 11.5 Å². The molecule has 0 amide bonds.